The highest BCUT2D eigenvalue weighted by Gasteiger charge is 2.34. The molecular formula is C10H14F2N2O. The number of aromatic nitrogens is 1. The predicted molar refractivity (Wildman–Crippen MR) is 50.7 cm³/mol. The molecule has 0 aliphatic carbocycles. The van der Waals surface area contributed by atoms with Gasteiger partial charge in [-0.1, -0.05) is 5.16 Å². The van der Waals surface area contributed by atoms with Crippen molar-refractivity contribution in [1.82, 2.24) is 10.1 Å². The maximum absolute atomic E-state index is 12.9. The smallest absolute Gasteiger partial charge is 0.250 e. The van der Waals surface area contributed by atoms with Gasteiger partial charge in [-0.25, -0.2) is 8.78 Å². The largest absolute Gasteiger partial charge is 0.360 e. The van der Waals surface area contributed by atoms with Gasteiger partial charge in [0, 0.05) is 32.0 Å². The second kappa shape index (κ2) is 3.89. The molecule has 1 aromatic rings. The van der Waals surface area contributed by atoms with E-state index in [4.69, 9.17) is 4.52 Å². The Labute approximate surface area is 87.0 Å². The van der Waals surface area contributed by atoms with Crippen molar-refractivity contribution in [2.45, 2.75) is 32.2 Å². The highest BCUT2D eigenvalue weighted by molar-refractivity contribution is 5.03. The van der Waals surface area contributed by atoms with Crippen LogP contribution in [0.1, 0.15) is 24.3 Å². The highest BCUT2D eigenvalue weighted by Crippen LogP contribution is 2.28. The first-order chi connectivity index (χ1) is 7.05. The van der Waals surface area contributed by atoms with Gasteiger partial charge in [0.15, 0.2) is 5.76 Å². The molecule has 84 valence electrons. The summed E-state index contributed by atoms with van der Waals surface area (Å²) < 4.78 is 30.8. The predicted octanol–water partition coefficient (Wildman–Crippen LogP) is 2.21. The van der Waals surface area contributed by atoms with Gasteiger partial charge in [0.2, 0.25) is 0 Å². The number of hydrogen-bond donors (Lipinski definition) is 0. The van der Waals surface area contributed by atoms with Gasteiger partial charge in [-0.15, -0.1) is 0 Å². The molecule has 1 aliphatic rings. The van der Waals surface area contributed by atoms with Gasteiger partial charge in [-0.3, -0.25) is 4.90 Å². The monoisotopic (exact) mass is 216 g/mol. The highest BCUT2D eigenvalue weighted by atomic mass is 19.3. The van der Waals surface area contributed by atoms with E-state index < -0.39 is 5.92 Å². The third-order valence-corrected chi connectivity index (χ3v) is 2.64. The maximum Gasteiger partial charge on any atom is 0.250 e. The third-order valence-electron chi connectivity index (χ3n) is 2.64. The van der Waals surface area contributed by atoms with Crippen molar-refractivity contribution in [3.63, 3.8) is 0 Å². The average molecular weight is 216 g/mol. The molecule has 0 bridgehead atoms. The van der Waals surface area contributed by atoms with Gasteiger partial charge in [0.1, 0.15) is 0 Å². The summed E-state index contributed by atoms with van der Waals surface area (Å²) in [6.45, 7) is 3.27. The first-order valence-electron chi connectivity index (χ1n) is 5.07. The van der Waals surface area contributed by atoms with Gasteiger partial charge in [0.25, 0.3) is 5.92 Å². The van der Waals surface area contributed by atoms with E-state index in [1.54, 1.807) is 0 Å². The summed E-state index contributed by atoms with van der Waals surface area (Å²) in [5.74, 6) is -1.73. The number of halogens is 2. The minimum atomic E-state index is -2.48. The molecule has 0 atom stereocenters. The molecule has 2 rings (SSSR count). The normalized spacial score (nSPS) is 21.8. The number of alkyl halides is 2. The van der Waals surface area contributed by atoms with Gasteiger partial charge in [-0.2, -0.15) is 0 Å². The molecule has 1 aromatic heterocycles. The molecule has 0 amide bonds. The quantitative estimate of drug-likeness (QED) is 0.759. The van der Waals surface area contributed by atoms with Crippen molar-refractivity contribution in [2.75, 3.05) is 13.1 Å². The summed E-state index contributed by atoms with van der Waals surface area (Å²) in [4.78, 5) is 1.97. The lowest BCUT2D eigenvalue weighted by Crippen LogP contribution is -2.38. The standard InChI is InChI=1S/C10H14F2N2O/c1-8-6-9(15-13-8)7-14-4-2-10(11,12)3-5-14/h6H,2-5,7H2,1H3. The van der Waals surface area contributed by atoms with Gasteiger partial charge in [-0.05, 0) is 6.92 Å². The van der Waals surface area contributed by atoms with E-state index in [-0.39, 0.29) is 12.8 Å². The van der Waals surface area contributed by atoms with Crippen LogP contribution in [0.5, 0.6) is 0 Å². The van der Waals surface area contributed by atoms with E-state index in [2.05, 4.69) is 5.16 Å². The van der Waals surface area contributed by atoms with E-state index in [1.807, 2.05) is 17.9 Å². The van der Waals surface area contributed by atoms with Gasteiger partial charge < -0.3 is 4.52 Å². The van der Waals surface area contributed by atoms with Crippen molar-refractivity contribution in [2.24, 2.45) is 0 Å². The molecule has 2 heterocycles. The summed E-state index contributed by atoms with van der Waals surface area (Å²) in [6, 6.07) is 1.84. The summed E-state index contributed by atoms with van der Waals surface area (Å²) in [5.41, 5.74) is 0.826. The molecule has 1 aliphatic heterocycles. The lowest BCUT2D eigenvalue weighted by molar-refractivity contribution is -0.0577. The molecule has 1 fully saturated rings. The summed E-state index contributed by atoms with van der Waals surface area (Å²) in [6.07, 6.45) is -0.111. The van der Waals surface area contributed by atoms with Crippen LogP contribution in [-0.2, 0) is 6.54 Å². The summed E-state index contributed by atoms with van der Waals surface area (Å²) in [7, 11) is 0. The number of hydrogen-bond acceptors (Lipinski definition) is 3. The molecule has 0 unspecified atom stereocenters. The number of likely N-dealkylation sites (tertiary alicyclic amines) is 1. The number of piperidine rings is 1. The first-order valence-corrected chi connectivity index (χ1v) is 5.07. The van der Waals surface area contributed by atoms with Gasteiger partial charge in [0.05, 0.1) is 12.2 Å². The number of rotatable bonds is 2. The molecule has 15 heavy (non-hydrogen) atoms. The Bertz CT molecular complexity index is 328. The Morgan fingerprint density at radius 3 is 2.67 bits per heavy atom. The van der Waals surface area contributed by atoms with Crippen molar-refractivity contribution < 1.29 is 13.3 Å². The van der Waals surface area contributed by atoms with Crippen molar-refractivity contribution in [3.05, 3.63) is 17.5 Å². The topological polar surface area (TPSA) is 29.3 Å². The minimum absolute atomic E-state index is 0.0554. The van der Waals surface area contributed by atoms with Crippen LogP contribution in [-0.4, -0.2) is 29.1 Å². The Morgan fingerprint density at radius 2 is 2.13 bits per heavy atom. The van der Waals surface area contributed by atoms with Crippen LogP contribution >= 0.6 is 0 Å². The fraction of sp³-hybridized carbons (Fsp3) is 0.700. The van der Waals surface area contributed by atoms with Crippen LogP contribution in [0.15, 0.2) is 10.6 Å². The Kier molecular flexibility index (Phi) is 2.73. The lowest BCUT2D eigenvalue weighted by atomic mass is 10.1. The van der Waals surface area contributed by atoms with Crippen LogP contribution < -0.4 is 0 Å². The Morgan fingerprint density at radius 1 is 1.47 bits per heavy atom. The molecule has 0 spiro atoms. The van der Waals surface area contributed by atoms with E-state index >= 15 is 0 Å². The zero-order valence-corrected chi connectivity index (χ0v) is 8.67. The van der Waals surface area contributed by atoms with E-state index in [9.17, 15) is 8.78 Å². The maximum atomic E-state index is 12.9. The van der Waals surface area contributed by atoms with Crippen molar-refractivity contribution in [1.29, 1.82) is 0 Å². The van der Waals surface area contributed by atoms with Crippen LogP contribution in [0.25, 0.3) is 0 Å². The molecule has 0 radical (unpaired) electrons. The van der Waals surface area contributed by atoms with E-state index in [1.165, 1.54) is 0 Å². The van der Waals surface area contributed by atoms with Crippen LogP contribution in [0.4, 0.5) is 8.78 Å². The zero-order valence-electron chi connectivity index (χ0n) is 8.67. The molecule has 0 N–H and O–H groups in total. The number of nitrogens with zero attached hydrogens (tertiary/aromatic N) is 2. The van der Waals surface area contributed by atoms with Crippen LogP contribution in [0.3, 0.4) is 0 Å². The van der Waals surface area contributed by atoms with E-state index in [0.29, 0.717) is 19.6 Å². The van der Waals surface area contributed by atoms with Crippen LogP contribution in [0, 0.1) is 6.92 Å². The second-order valence-electron chi connectivity index (χ2n) is 4.07. The molecule has 3 nitrogen and oxygen atoms in total. The van der Waals surface area contributed by atoms with Crippen molar-refractivity contribution in [3.8, 4) is 0 Å². The van der Waals surface area contributed by atoms with Crippen molar-refractivity contribution >= 4 is 0 Å². The molecule has 0 aromatic carbocycles. The first kappa shape index (κ1) is 10.5. The van der Waals surface area contributed by atoms with E-state index in [0.717, 1.165) is 11.5 Å². The lowest BCUT2D eigenvalue weighted by Gasteiger charge is -2.30. The fourth-order valence-corrected chi connectivity index (χ4v) is 1.75. The average Bonchev–Trinajstić information content (AvgIpc) is 2.55. The second-order valence-corrected chi connectivity index (χ2v) is 4.07. The summed E-state index contributed by atoms with van der Waals surface area (Å²) >= 11 is 0. The Hall–Kier alpha value is -0.970. The van der Waals surface area contributed by atoms with Crippen LogP contribution in [0.2, 0.25) is 0 Å². The zero-order chi connectivity index (χ0) is 10.9. The summed E-state index contributed by atoms with van der Waals surface area (Å²) in [5, 5.41) is 3.76. The molecular weight excluding hydrogens is 202 g/mol. The third kappa shape index (κ3) is 2.75. The Balaban J connectivity index is 1.87. The van der Waals surface area contributed by atoms with Gasteiger partial charge >= 0.3 is 0 Å². The molecule has 0 saturated carbocycles. The SMILES string of the molecule is Cc1cc(CN2CCC(F)(F)CC2)on1. The number of aryl methyl sites for hydroxylation is 1. The molecule has 1 saturated heterocycles. The molecule has 5 heteroatoms. The minimum Gasteiger partial charge on any atom is -0.360 e. The fourth-order valence-electron chi connectivity index (χ4n) is 1.75.